The standard InChI is InChI=1S/C12H27ClS/c1-4-7-10-14(13,11-8-5-2)12-9-6-3/h4-12H2,1-3H3. The van der Waals surface area contributed by atoms with Crippen molar-refractivity contribution in [2.24, 2.45) is 0 Å². The van der Waals surface area contributed by atoms with Gasteiger partial charge in [0.05, 0.1) is 0 Å². The summed E-state index contributed by atoms with van der Waals surface area (Å²) in [4.78, 5) is 0. The van der Waals surface area contributed by atoms with Crippen molar-refractivity contribution in [2.75, 3.05) is 17.3 Å². The first kappa shape index (κ1) is 14.6. The van der Waals surface area contributed by atoms with Crippen LogP contribution in [-0.4, -0.2) is 17.3 Å². The largest absolute Gasteiger partial charge is 0.163 e. The summed E-state index contributed by atoms with van der Waals surface area (Å²) in [6.07, 6.45) is 7.85. The van der Waals surface area contributed by atoms with Crippen LogP contribution >= 0.6 is 19.9 Å². The molecule has 0 amide bonds. The second-order valence-corrected chi connectivity index (χ2v) is 9.18. The zero-order valence-corrected chi connectivity index (χ0v) is 11.7. The van der Waals surface area contributed by atoms with E-state index >= 15 is 0 Å². The van der Waals surface area contributed by atoms with E-state index in [9.17, 15) is 0 Å². The Kier molecular flexibility index (Phi) is 9.32. The predicted octanol–water partition coefficient (Wildman–Crippen LogP) is 5.35. The molecule has 0 radical (unpaired) electrons. The van der Waals surface area contributed by atoms with E-state index in [1.165, 1.54) is 55.8 Å². The van der Waals surface area contributed by atoms with E-state index in [2.05, 4.69) is 20.8 Å². The van der Waals surface area contributed by atoms with E-state index < -0.39 is 9.24 Å². The van der Waals surface area contributed by atoms with Crippen LogP contribution in [0, 0.1) is 0 Å². The van der Waals surface area contributed by atoms with Crippen LogP contribution in [0.3, 0.4) is 0 Å². The zero-order valence-electron chi connectivity index (χ0n) is 10.2. The molecular weight excluding hydrogens is 212 g/mol. The fraction of sp³-hybridized carbons (Fsp3) is 1.00. The first-order valence-electron chi connectivity index (χ1n) is 6.14. The Morgan fingerprint density at radius 3 is 1.21 bits per heavy atom. The zero-order chi connectivity index (χ0) is 10.9. The summed E-state index contributed by atoms with van der Waals surface area (Å²) < 4.78 is 0. The molecule has 0 aromatic heterocycles. The first-order valence-corrected chi connectivity index (χ1v) is 9.11. The Morgan fingerprint density at radius 2 is 1.00 bits per heavy atom. The summed E-state index contributed by atoms with van der Waals surface area (Å²) in [5.74, 6) is 3.89. The van der Waals surface area contributed by atoms with Gasteiger partial charge in [-0.25, -0.2) is 0 Å². The molecule has 0 saturated carbocycles. The average molecular weight is 239 g/mol. The minimum absolute atomic E-state index is 0.753. The van der Waals surface area contributed by atoms with Gasteiger partial charge in [-0.3, -0.25) is 0 Å². The van der Waals surface area contributed by atoms with E-state index in [1.807, 2.05) is 0 Å². The van der Waals surface area contributed by atoms with E-state index in [4.69, 9.17) is 10.7 Å². The summed E-state index contributed by atoms with van der Waals surface area (Å²) in [5, 5.41) is 0. The third-order valence-corrected chi connectivity index (χ3v) is 7.04. The van der Waals surface area contributed by atoms with E-state index in [1.54, 1.807) is 0 Å². The third kappa shape index (κ3) is 7.00. The monoisotopic (exact) mass is 238 g/mol. The van der Waals surface area contributed by atoms with Crippen LogP contribution in [0.4, 0.5) is 0 Å². The van der Waals surface area contributed by atoms with E-state index in [-0.39, 0.29) is 0 Å². The van der Waals surface area contributed by atoms with Gasteiger partial charge in [-0.15, -0.1) is 0 Å². The second kappa shape index (κ2) is 8.91. The van der Waals surface area contributed by atoms with Crippen molar-refractivity contribution < 1.29 is 0 Å². The number of hydrogen-bond acceptors (Lipinski definition) is 0. The Balaban J connectivity index is 3.89. The Labute approximate surface area is 96.6 Å². The van der Waals surface area contributed by atoms with Crippen molar-refractivity contribution in [2.45, 2.75) is 59.3 Å². The normalized spacial score (nSPS) is 13.1. The van der Waals surface area contributed by atoms with Crippen molar-refractivity contribution >= 4 is 19.9 Å². The highest BCUT2D eigenvalue weighted by Crippen LogP contribution is 2.55. The van der Waals surface area contributed by atoms with Crippen molar-refractivity contribution in [1.29, 1.82) is 0 Å². The quantitative estimate of drug-likeness (QED) is 0.508. The van der Waals surface area contributed by atoms with Crippen molar-refractivity contribution in [3.8, 4) is 0 Å². The predicted molar refractivity (Wildman–Crippen MR) is 72.8 cm³/mol. The number of hydrogen-bond donors (Lipinski definition) is 0. The molecule has 88 valence electrons. The second-order valence-electron chi connectivity index (χ2n) is 4.11. The fourth-order valence-electron chi connectivity index (χ4n) is 1.52. The average Bonchev–Trinajstić information content (AvgIpc) is 2.21. The van der Waals surface area contributed by atoms with Gasteiger partial charge in [-0.2, -0.15) is 9.24 Å². The lowest BCUT2D eigenvalue weighted by molar-refractivity contribution is 0.853. The molecule has 0 aromatic rings. The SMILES string of the molecule is CCCCS(Cl)(CCCC)CCCC. The summed E-state index contributed by atoms with van der Waals surface area (Å²) in [6.45, 7) is 6.78. The van der Waals surface area contributed by atoms with Crippen LogP contribution in [0.15, 0.2) is 0 Å². The van der Waals surface area contributed by atoms with E-state index in [0.29, 0.717) is 0 Å². The molecule has 0 nitrogen and oxygen atoms in total. The molecule has 14 heavy (non-hydrogen) atoms. The lowest BCUT2D eigenvalue weighted by Gasteiger charge is -2.33. The molecule has 0 N–H and O–H groups in total. The molecule has 0 saturated heterocycles. The molecule has 0 spiro atoms. The van der Waals surface area contributed by atoms with Crippen LogP contribution in [0.1, 0.15) is 59.3 Å². The maximum Gasteiger partial charge on any atom is -0.0101 e. The lowest BCUT2D eigenvalue weighted by Crippen LogP contribution is -2.08. The van der Waals surface area contributed by atoms with Crippen LogP contribution < -0.4 is 0 Å². The summed E-state index contributed by atoms with van der Waals surface area (Å²) in [5.41, 5.74) is 0. The first-order chi connectivity index (χ1) is 6.68. The molecule has 0 aliphatic rings. The third-order valence-electron chi connectivity index (χ3n) is 2.59. The molecule has 0 atom stereocenters. The van der Waals surface area contributed by atoms with Gasteiger partial charge < -0.3 is 0 Å². The fourth-order valence-corrected chi connectivity index (χ4v) is 5.53. The van der Waals surface area contributed by atoms with Gasteiger partial charge in [-0.1, -0.05) is 50.7 Å². The van der Waals surface area contributed by atoms with Crippen LogP contribution in [0.25, 0.3) is 0 Å². The van der Waals surface area contributed by atoms with Gasteiger partial charge in [0.15, 0.2) is 0 Å². The number of unbranched alkanes of at least 4 members (excludes halogenated alkanes) is 3. The minimum atomic E-state index is -0.753. The van der Waals surface area contributed by atoms with Gasteiger partial charge in [0.25, 0.3) is 0 Å². The maximum atomic E-state index is 6.76. The summed E-state index contributed by atoms with van der Waals surface area (Å²) in [7, 11) is 6.01. The molecule has 0 fully saturated rings. The summed E-state index contributed by atoms with van der Waals surface area (Å²) in [6, 6.07) is 0. The minimum Gasteiger partial charge on any atom is -0.163 e. The highest BCUT2D eigenvalue weighted by Gasteiger charge is 2.18. The van der Waals surface area contributed by atoms with Gasteiger partial charge in [0.1, 0.15) is 0 Å². The van der Waals surface area contributed by atoms with Gasteiger partial charge in [-0.05, 0) is 36.5 Å². The Bertz CT molecular complexity index is 104. The maximum absolute atomic E-state index is 6.76. The summed E-state index contributed by atoms with van der Waals surface area (Å²) >= 11 is 0. The highest BCUT2D eigenvalue weighted by atomic mass is 35.7. The Morgan fingerprint density at radius 1 is 0.714 bits per heavy atom. The molecule has 0 unspecified atom stereocenters. The van der Waals surface area contributed by atoms with Crippen LogP contribution in [0.2, 0.25) is 0 Å². The Hall–Kier alpha value is 0.640. The molecule has 0 heterocycles. The van der Waals surface area contributed by atoms with E-state index in [0.717, 1.165) is 0 Å². The molecule has 0 aromatic carbocycles. The molecule has 0 rings (SSSR count). The van der Waals surface area contributed by atoms with Gasteiger partial charge in [0, 0.05) is 0 Å². The number of halogens is 1. The molecule has 0 aliphatic carbocycles. The molecule has 0 bridgehead atoms. The van der Waals surface area contributed by atoms with Gasteiger partial charge in [0.2, 0.25) is 0 Å². The smallest absolute Gasteiger partial charge is 0.0101 e. The molecular formula is C12H27ClS. The topological polar surface area (TPSA) is 0 Å². The van der Waals surface area contributed by atoms with Crippen LogP contribution in [-0.2, 0) is 0 Å². The van der Waals surface area contributed by atoms with Gasteiger partial charge >= 0.3 is 0 Å². The van der Waals surface area contributed by atoms with Crippen molar-refractivity contribution in [3.05, 3.63) is 0 Å². The molecule has 2 heteroatoms. The lowest BCUT2D eigenvalue weighted by atomic mass is 10.4. The van der Waals surface area contributed by atoms with Crippen molar-refractivity contribution in [3.63, 3.8) is 0 Å². The number of rotatable bonds is 9. The van der Waals surface area contributed by atoms with Crippen molar-refractivity contribution in [1.82, 2.24) is 0 Å². The highest BCUT2D eigenvalue weighted by molar-refractivity contribution is 8.51. The van der Waals surface area contributed by atoms with Crippen LogP contribution in [0.5, 0.6) is 0 Å². The molecule has 0 aliphatic heterocycles.